The maximum Gasteiger partial charge on any atom is 0.123 e. The zero-order valence-corrected chi connectivity index (χ0v) is 23.4. The predicted octanol–water partition coefficient (Wildman–Crippen LogP) is 9.10. The lowest BCUT2D eigenvalue weighted by Gasteiger charge is -2.27. The first-order valence-corrected chi connectivity index (χ1v) is 13.9. The summed E-state index contributed by atoms with van der Waals surface area (Å²) in [4.78, 5) is 2.44. The lowest BCUT2D eigenvalue weighted by Crippen LogP contribution is -2.22. The fraction of sp³-hybridized carbons (Fsp3) is 0.189. The van der Waals surface area contributed by atoms with Crippen molar-refractivity contribution < 1.29 is 9.50 Å². The molecule has 0 radical (unpaired) electrons. The number of nitrogens with zero attached hydrogens (tertiary/aromatic N) is 1. The van der Waals surface area contributed by atoms with Crippen molar-refractivity contribution >= 4 is 5.69 Å². The molecule has 0 fully saturated rings. The average molecular weight is 530 g/mol. The van der Waals surface area contributed by atoms with Crippen molar-refractivity contribution in [2.75, 3.05) is 4.90 Å². The molecule has 0 amide bonds. The molecule has 0 bridgehead atoms. The SMILES string of the molecule is Cc1cc(N(Cc2ccccc2)Cc2ccccc2)cc(C)c1Cc1ccc(O)c(C(C)c2ccc(F)cc2)c1. The van der Waals surface area contributed by atoms with E-state index in [2.05, 4.69) is 97.6 Å². The minimum atomic E-state index is -0.255. The Bertz CT molecular complexity index is 1500. The number of aromatic hydroxyl groups is 1. The van der Waals surface area contributed by atoms with Crippen molar-refractivity contribution in [3.05, 3.63) is 166 Å². The lowest BCUT2D eigenvalue weighted by molar-refractivity contribution is 0.466. The van der Waals surface area contributed by atoms with E-state index in [0.29, 0.717) is 0 Å². The van der Waals surface area contributed by atoms with E-state index in [1.165, 1.54) is 45.6 Å². The summed E-state index contributed by atoms with van der Waals surface area (Å²) in [6.45, 7) is 8.09. The van der Waals surface area contributed by atoms with Gasteiger partial charge in [0.1, 0.15) is 11.6 Å². The predicted molar refractivity (Wildman–Crippen MR) is 164 cm³/mol. The fourth-order valence-electron chi connectivity index (χ4n) is 5.47. The third kappa shape index (κ3) is 6.43. The Labute approximate surface area is 237 Å². The maximum absolute atomic E-state index is 13.5. The van der Waals surface area contributed by atoms with Gasteiger partial charge in [0.2, 0.25) is 0 Å². The van der Waals surface area contributed by atoms with E-state index in [4.69, 9.17) is 0 Å². The number of phenols is 1. The zero-order chi connectivity index (χ0) is 28.1. The summed E-state index contributed by atoms with van der Waals surface area (Å²) < 4.78 is 13.5. The Balaban J connectivity index is 1.42. The van der Waals surface area contributed by atoms with Crippen molar-refractivity contribution in [1.82, 2.24) is 0 Å². The summed E-state index contributed by atoms with van der Waals surface area (Å²) in [5.74, 6) is -0.0362. The van der Waals surface area contributed by atoms with Crippen LogP contribution in [0, 0.1) is 19.7 Å². The van der Waals surface area contributed by atoms with Gasteiger partial charge in [-0.25, -0.2) is 4.39 Å². The van der Waals surface area contributed by atoms with Gasteiger partial charge in [-0.05, 0) is 89.5 Å². The quantitative estimate of drug-likeness (QED) is 0.206. The molecule has 1 atom stereocenters. The summed E-state index contributed by atoms with van der Waals surface area (Å²) in [6.07, 6.45) is 0.777. The van der Waals surface area contributed by atoms with Gasteiger partial charge in [-0.2, -0.15) is 0 Å². The van der Waals surface area contributed by atoms with Crippen LogP contribution in [0.25, 0.3) is 0 Å². The minimum absolute atomic E-state index is 0.0466. The van der Waals surface area contributed by atoms with Crippen LogP contribution >= 0.6 is 0 Å². The van der Waals surface area contributed by atoms with Crippen molar-refractivity contribution in [2.24, 2.45) is 0 Å². The van der Waals surface area contributed by atoms with Gasteiger partial charge in [0.15, 0.2) is 0 Å². The topological polar surface area (TPSA) is 23.5 Å². The number of halogens is 1. The molecule has 0 aliphatic rings. The van der Waals surface area contributed by atoms with E-state index in [9.17, 15) is 9.50 Å². The Hall–Kier alpha value is -4.37. The van der Waals surface area contributed by atoms with Crippen molar-refractivity contribution in [3.8, 4) is 5.75 Å². The van der Waals surface area contributed by atoms with Gasteiger partial charge in [0, 0.05) is 30.3 Å². The second-order valence-electron chi connectivity index (χ2n) is 10.7. The molecule has 0 saturated heterocycles. The maximum atomic E-state index is 13.5. The zero-order valence-electron chi connectivity index (χ0n) is 23.4. The van der Waals surface area contributed by atoms with Crippen molar-refractivity contribution in [3.63, 3.8) is 0 Å². The van der Waals surface area contributed by atoms with E-state index in [1.807, 2.05) is 13.0 Å². The molecule has 0 aliphatic carbocycles. The Morgan fingerprint density at radius 1 is 0.675 bits per heavy atom. The Morgan fingerprint density at radius 2 is 1.23 bits per heavy atom. The molecule has 5 rings (SSSR count). The van der Waals surface area contributed by atoms with Gasteiger partial charge in [0.25, 0.3) is 0 Å². The van der Waals surface area contributed by atoms with Crippen LogP contribution in [0.15, 0.2) is 115 Å². The number of hydrogen-bond donors (Lipinski definition) is 1. The second-order valence-corrected chi connectivity index (χ2v) is 10.7. The monoisotopic (exact) mass is 529 g/mol. The van der Waals surface area contributed by atoms with Crippen LogP contribution in [0.5, 0.6) is 5.75 Å². The third-order valence-corrected chi connectivity index (χ3v) is 7.79. The summed E-state index contributed by atoms with van der Waals surface area (Å²) in [5, 5.41) is 10.7. The number of anilines is 1. The molecule has 1 unspecified atom stereocenters. The highest BCUT2D eigenvalue weighted by atomic mass is 19.1. The standard InChI is InChI=1S/C37H36FNO/c1-26-20-34(39(24-29-10-6-4-7-11-29)25-30-12-8-5-9-13-30)21-27(2)35(26)22-31-14-19-37(40)36(23-31)28(3)32-15-17-33(38)18-16-32/h4-21,23,28,40H,22,24-25H2,1-3H3. The van der Waals surface area contributed by atoms with E-state index in [-0.39, 0.29) is 17.5 Å². The first-order chi connectivity index (χ1) is 19.4. The first-order valence-electron chi connectivity index (χ1n) is 13.9. The summed E-state index contributed by atoms with van der Waals surface area (Å²) >= 11 is 0. The van der Waals surface area contributed by atoms with Crippen LogP contribution in [0.1, 0.15) is 57.3 Å². The Kier molecular flexibility index (Phi) is 8.31. The van der Waals surface area contributed by atoms with E-state index < -0.39 is 0 Å². The van der Waals surface area contributed by atoms with Crippen LogP contribution in [0.2, 0.25) is 0 Å². The summed E-state index contributed by atoms with van der Waals surface area (Å²) in [7, 11) is 0. The third-order valence-electron chi connectivity index (χ3n) is 7.79. The van der Waals surface area contributed by atoms with Crippen molar-refractivity contribution in [1.29, 1.82) is 0 Å². The first kappa shape index (κ1) is 27.2. The second kappa shape index (κ2) is 12.2. The lowest BCUT2D eigenvalue weighted by atomic mass is 9.89. The fourth-order valence-corrected chi connectivity index (χ4v) is 5.47. The molecule has 202 valence electrons. The molecule has 3 heteroatoms. The molecule has 0 aliphatic heterocycles. The number of phenolic OH excluding ortho intramolecular Hbond substituents is 1. The normalized spacial score (nSPS) is 11.8. The van der Waals surface area contributed by atoms with Gasteiger partial charge in [0.05, 0.1) is 0 Å². The molecule has 0 spiro atoms. The number of rotatable bonds is 9. The average Bonchev–Trinajstić information content (AvgIpc) is 2.96. The van der Waals surface area contributed by atoms with E-state index >= 15 is 0 Å². The molecule has 40 heavy (non-hydrogen) atoms. The largest absolute Gasteiger partial charge is 0.508 e. The molecule has 5 aromatic rings. The van der Waals surface area contributed by atoms with Crippen LogP contribution in [0.3, 0.4) is 0 Å². The van der Waals surface area contributed by atoms with Crippen LogP contribution in [-0.4, -0.2) is 5.11 Å². The number of hydrogen-bond acceptors (Lipinski definition) is 2. The van der Waals surface area contributed by atoms with Gasteiger partial charge in [-0.3, -0.25) is 0 Å². The number of aryl methyl sites for hydroxylation is 2. The highest BCUT2D eigenvalue weighted by Gasteiger charge is 2.16. The van der Waals surface area contributed by atoms with E-state index in [0.717, 1.165) is 36.2 Å². The Morgan fingerprint density at radius 3 is 1.77 bits per heavy atom. The van der Waals surface area contributed by atoms with Crippen LogP contribution < -0.4 is 4.90 Å². The number of benzene rings is 5. The van der Waals surface area contributed by atoms with E-state index in [1.54, 1.807) is 18.2 Å². The highest BCUT2D eigenvalue weighted by Crippen LogP contribution is 2.34. The van der Waals surface area contributed by atoms with Crippen molar-refractivity contribution in [2.45, 2.75) is 46.2 Å². The van der Waals surface area contributed by atoms with Crippen LogP contribution in [0.4, 0.5) is 10.1 Å². The molecule has 0 heterocycles. The molecule has 0 saturated carbocycles. The molecular formula is C37H36FNO. The summed E-state index contributed by atoms with van der Waals surface area (Å²) in [5.41, 5.74) is 10.6. The molecule has 1 N–H and O–H groups in total. The van der Waals surface area contributed by atoms with Crippen LogP contribution in [-0.2, 0) is 19.5 Å². The van der Waals surface area contributed by atoms with Gasteiger partial charge >= 0.3 is 0 Å². The molecule has 0 aromatic heterocycles. The molecule has 2 nitrogen and oxygen atoms in total. The smallest absolute Gasteiger partial charge is 0.123 e. The van der Waals surface area contributed by atoms with Gasteiger partial charge in [-0.15, -0.1) is 0 Å². The van der Waals surface area contributed by atoms with Gasteiger partial charge < -0.3 is 10.0 Å². The van der Waals surface area contributed by atoms with Gasteiger partial charge in [-0.1, -0.05) is 91.9 Å². The highest BCUT2D eigenvalue weighted by molar-refractivity contribution is 5.56. The summed E-state index contributed by atoms with van der Waals surface area (Å²) in [6, 6.07) is 38.2. The molecule has 5 aromatic carbocycles. The molecular weight excluding hydrogens is 493 g/mol. The minimum Gasteiger partial charge on any atom is -0.508 e.